The van der Waals surface area contributed by atoms with E-state index in [1.165, 1.54) is 39.8 Å². The van der Waals surface area contributed by atoms with Gasteiger partial charge < -0.3 is 4.74 Å². The molecule has 0 unspecified atom stereocenters. The van der Waals surface area contributed by atoms with Gasteiger partial charge in [0.1, 0.15) is 5.75 Å². The van der Waals surface area contributed by atoms with Crippen molar-refractivity contribution in [1.29, 1.82) is 0 Å². The second-order valence-electron chi connectivity index (χ2n) is 7.30. The Hall–Kier alpha value is -1.80. The third kappa shape index (κ3) is 3.49. The minimum absolute atomic E-state index is 0.588. The molecule has 0 amide bonds. The van der Waals surface area contributed by atoms with E-state index in [4.69, 9.17) is 4.74 Å². The number of fused-ring (bicyclic) bond motifs is 1. The molecule has 0 saturated heterocycles. The van der Waals surface area contributed by atoms with Crippen LogP contribution >= 0.6 is 0 Å². The van der Waals surface area contributed by atoms with Crippen LogP contribution in [0.3, 0.4) is 0 Å². The summed E-state index contributed by atoms with van der Waals surface area (Å²) in [6, 6.07) is 11.9. The summed E-state index contributed by atoms with van der Waals surface area (Å²) in [5, 5.41) is 0. The van der Waals surface area contributed by atoms with E-state index < -0.39 is 0 Å². The molecule has 0 radical (unpaired) electrons. The van der Waals surface area contributed by atoms with Crippen molar-refractivity contribution in [2.45, 2.75) is 59.7 Å². The fraction of sp³-hybridized carbons (Fsp3) is 0.455. The molecule has 0 bridgehead atoms. The van der Waals surface area contributed by atoms with E-state index in [1.807, 2.05) is 0 Å². The Labute approximate surface area is 146 Å². The molecule has 128 valence electrons. The zero-order valence-electron chi connectivity index (χ0n) is 15.6. The van der Waals surface area contributed by atoms with Crippen LogP contribution in [-0.2, 0) is 19.5 Å². The summed E-state index contributed by atoms with van der Waals surface area (Å²) in [7, 11) is 1.75. The summed E-state index contributed by atoms with van der Waals surface area (Å²) < 4.78 is 5.45. The maximum Gasteiger partial charge on any atom is 0.122 e. The van der Waals surface area contributed by atoms with E-state index >= 15 is 0 Å². The molecule has 1 aliphatic heterocycles. The smallest absolute Gasteiger partial charge is 0.122 e. The van der Waals surface area contributed by atoms with Gasteiger partial charge in [-0.2, -0.15) is 0 Å². The average molecular weight is 323 g/mol. The highest BCUT2D eigenvalue weighted by molar-refractivity contribution is 5.39. The molecule has 0 N–H and O–H groups in total. The van der Waals surface area contributed by atoms with Gasteiger partial charge >= 0.3 is 0 Å². The van der Waals surface area contributed by atoms with Crippen molar-refractivity contribution in [3.63, 3.8) is 0 Å². The van der Waals surface area contributed by atoms with Gasteiger partial charge in [0.05, 0.1) is 7.11 Å². The van der Waals surface area contributed by atoms with Gasteiger partial charge in [-0.15, -0.1) is 0 Å². The van der Waals surface area contributed by atoms with Crippen LogP contribution in [0.1, 0.15) is 46.7 Å². The summed E-state index contributed by atoms with van der Waals surface area (Å²) in [5.41, 5.74) is 8.43. The van der Waals surface area contributed by atoms with Crippen LogP contribution in [0.4, 0.5) is 0 Å². The number of aryl methyl sites for hydroxylation is 4. The summed E-state index contributed by atoms with van der Waals surface area (Å²) in [5.74, 6) is 1.000. The van der Waals surface area contributed by atoms with Gasteiger partial charge in [0.2, 0.25) is 0 Å². The third-order valence-corrected chi connectivity index (χ3v) is 5.51. The molecule has 1 heterocycles. The van der Waals surface area contributed by atoms with Gasteiger partial charge in [-0.05, 0) is 80.0 Å². The predicted molar refractivity (Wildman–Crippen MR) is 101 cm³/mol. The van der Waals surface area contributed by atoms with Crippen molar-refractivity contribution < 1.29 is 4.74 Å². The molecule has 0 aromatic heterocycles. The van der Waals surface area contributed by atoms with Crippen LogP contribution in [0.25, 0.3) is 0 Å². The lowest BCUT2D eigenvalue weighted by Gasteiger charge is -2.24. The number of methoxy groups -OCH3 is 1. The number of benzene rings is 2. The zero-order valence-corrected chi connectivity index (χ0v) is 15.6. The Kier molecular flexibility index (Phi) is 4.96. The van der Waals surface area contributed by atoms with E-state index in [1.54, 1.807) is 7.11 Å². The zero-order chi connectivity index (χ0) is 17.3. The van der Waals surface area contributed by atoms with E-state index in [-0.39, 0.29) is 0 Å². The van der Waals surface area contributed by atoms with Crippen molar-refractivity contribution in [2.75, 3.05) is 7.11 Å². The Bertz CT molecular complexity index is 704. The minimum atomic E-state index is 0.588. The van der Waals surface area contributed by atoms with Crippen molar-refractivity contribution in [1.82, 2.24) is 4.90 Å². The first-order chi connectivity index (χ1) is 11.5. The van der Waals surface area contributed by atoms with Gasteiger partial charge in [0.15, 0.2) is 0 Å². The van der Waals surface area contributed by atoms with E-state index in [0.717, 1.165) is 25.3 Å². The number of nitrogens with zero attached hydrogens (tertiary/aromatic N) is 1. The molecule has 0 saturated carbocycles. The Morgan fingerprint density at radius 2 is 1.58 bits per heavy atom. The Balaban J connectivity index is 1.61. The molecule has 0 aliphatic carbocycles. The number of hydrogen-bond donors (Lipinski definition) is 0. The van der Waals surface area contributed by atoms with Crippen LogP contribution in [0.5, 0.6) is 5.75 Å². The average Bonchev–Trinajstić information content (AvgIpc) is 2.97. The molecule has 24 heavy (non-hydrogen) atoms. The molecule has 3 rings (SSSR count). The lowest BCUT2D eigenvalue weighted by Crippen LogP contribution is -2.28. The van der Waals surface area contributed by atoms with Gasteiger partial charge in [-0.3, -0.25) is 4.90 Å². The molecule has 2 heteroatoms. The normalized spacial score (nSPS) is 15.4. The summed E-state index contributed by atoms with van der Waals surface area (Å²) in [6.07, 6.45) is 2.28. The van der Waals surface area contributed by atoms with Crippen LogP contribution in [-0.4, -0.2) is 18.1 Å². The lowest BCUT2D eigenvalue weighted by atomic mass is 10.0. The monoisotopic (exact) mass is 323 g/mol. The second-order valence-corrected chi connectivity index (χ2v) is 7.30. The third-order valence-electron chi connectivity index (χ3n) is 5.51. The fourth-order valence-electron chi connectivity index (χ4n) is 3.61. The first kappa shape index (κ1) is 17.0. The number of ether oxygens (including phenoxy) is 1. The van der Waals surface area contributed by atoms with E-state index in [9.17, 15) is 0 Å². The van der Waals surface area contributed by atoms with Gasteiger partial charge in [0, 0.05) is 19.1 Å². The molecule has 0 fully saturated rings. The van der Waals surface area contributed by atoms with Crippen molar-refractivity contribution in [3.8, 4) is 5.75 Å². The lowest BCUT2D eigenvalue weighted by molar-refractivity contribution is 0.203. The summed E-state index contributed by atoms with van der Waals surface area (Å²) in [6.45, 7) is 11.1. The highest BCUT2D eigenvalue weighted by Gasteiger charge is 2.23. The highest BCUT2D eigenvalue weighted by Crippen LogP contribution is 2.28. The second kappa shape index (κ2) is 6.98. The summed E-state index contributed by atoms with van der Waals surface area (Å²) in [4.78, 5) is 2.61. The van der Waals surface area contributed by atoms with Crippen LogP contribution in [0, 0.1) is 20.8 Å². The quantitative estimate of drug-likeness (QED) is 0.771. The Morgan fingerprint density at radius 1 is 0.958 bits per heavy atom. The van der Waals surface area contributed by atoms with Gasteiger partial charge in [-0.1, -0.05) is 24.3 Å². The number of hydrogen-bond acceptors (Lipinski definition) is 2. The first-order valence-corrected chi connectivity index (χ1v) is 8.94. The van der Waals surface area contributed by atoms with Gasteiger partial charge in [0.25, 0.3) is 0 Å². The molecule has 2 aromatic carbocycles. The minimum Gasteiger partial charge on any atom is -0.496 e. The van der Waals surface area contributed by atoms with Crippen molar-refractivity contribution in [2.24, 2.45) is 0 Å². The molecule has 1 atom stereocenters. The standard InChI is InChI=1S/C22H29NO/c1-15-6-8-19(12-22(15)24-5)9-7-18(4)23-13-20-10-16(2)17(3)11-21(20)14-23/h6,8,10-12,18H,7,9,13-14H2,1-5H3/t18-/m1/s1. The molecular weight excluding hydrogens is 294 g/mol. The maximum absolute atomic E-state index is 5.45. The van der Waals surface area contributed by atoms with Crippen molar-refractivity contribution >= 4 is 0 Å². The van der Waals surface area contributed by atoms with E-state index in [0.29, 0.717) is 6.04 Å². The van der Waals surface area contributed by atoms with Crippen molar-refractivity contribution in [3.05, 3.63) is 63.7 Å². The van der Waals surface area contributed by atoms with Gasteiger partial charge in [-0.25, -0.2) is 0 Å². The molecule has 2 aromatic rings. The molecule has 1 aliphatic rings. The first-order valence-electron chi connectivity index (χ1n) is 8.94. The number of rotatable bonds is 5. The SMILES string of the molecule is COc1cc(CC[C@@H](C)N2Cc3cc(C)c(C)cc3C2)ccc1C. The molecule has 2 nitrogen and oxygen atoms in total. The van der Waals surface area contributed by atoms with Crippen LogP contribution in [0.15, 0.2) is 30.3 Å². The predicted octanol–water partition coefficient (Wildman–Crippen LogP) is 4.96. The van der Waals surface area contributed by atoms with Crippen LogP contribution < -0.4 is 4.74 Å². The highest BCUT2D eigenvalue weighted by atomic mass is 16.5. The summed E-state index contributed by atoms with van der Waals surface area (Å²) >= 11 is 0. The largest absolute Gasteiger partial charge is 0.496 e. The van der Waals surface area contributed by atoms with E-state index in [2.05, 4.69) is 62.9 Å². The fourth-order valence-corrected chi connectivity index (χ4v) is 3.61. The molecular formula is C22H29NO. The maximum atomic E-state index is 5.45. The topological polar surface area (TPSA) is 12.5 Å². The van der Waals surface area contributed by atoms with Crippen LogP contribution in [0.2, 0.25) is 0 Å². The Morgan fingerprint density at radius 3 is 2.17 bits per heavy atom. The molecule has 0 spiro atoms.